The standard InChI is InChI=1S/C14H26N2O3/c1-3-5-11(12(17)18)16-13(19)14(6-4-2)7-9-15-10-8-14/h11,15H,3-10H2,1-2H3,(H,16,19)(H,17,18). The highest BCUT2D eigenvalue weighted by Crippen LogP contribution is 2.34. The van der Waals surface area contributed by atoms with Crippen LogP contribution in [-0.2, 0) is 9.59 Å². The maximum atomic E-state index is 12.5. The van der Waals surface area contributed by atoms with Crippen molar-refractivity contribution in [1.82, 2.24) is 10.6 Å². The zero-order valence-corrected chi connectivity index (χ0v) is 12.0. The lowest BCUT2D eigenvalue weighted by Crippen LogP contribution is -2.52. The molecule has 1 atom stereocenters. The summed E-state index contributed by atoms with van der Waals surface area (Å²) >= 11 is 0. The molecule has 1 aliphatic heterocycles. The lowest BCUT2D eigenvalue weighted by molar-refractivity contribution is -0.144. The fraction of sp³-hybridized carbons (Fsp3) is 0.857. The molecule has 1 unspecified atom stereocenters. The third-order valence-corrected chi connectivity index (χ3v) is 3.95. The first-order valence-electron chi connectivity index (χ1n) is 7.30. The van der Waals surface area contributed by atoms with Crippen LogP contribution in [0.2, 0.25) is 0 Å². The summed E-state index contributed by atoms with van der Waals surface area (Å²) in [7, 11) is 0. The van der Waals surface area contributed by atoms with Gasteiger partial charge in [0.25, 0.3) is 0 Å². The predicted octanol–water partition coefficient (Wildman–Crippen LogP) is 1.53. The predicted molar refractivity (Wildman–Crippen MR) is 73.9 cm³/mol. The molecule has 0 spiro atoms. The summed E-state index contributed by atoms with van der Waals surface area (Å²) in [5.74, 6) is -1.01. The molecule has 0 radical (unpaired) electrons. The van der Waals surface area contributed by atoms with Gasteiger partial charge >= 0.3 is 5.97 Å². The van der Waals surface area contributed by atoms with Crippen molar-refractivity contribution >= 4 is 11.9 Å². The number of carbonyl (C=O) groups excluding carboxylic acids is 1. The van der Waals surface area contributed by atoms with Gasteiger partial charge in [-0.1, -0.05) is 26.7 Å². The Morgan fingerprint density at radius 1 is 1.26 bits per heavy atom. The Hall–Kier alpha value is -1.10. The highest BCUT2D eigenvalue weighted by atomic mass is 16.4. The molecule has 1 rings (SSSR count). The number of hydrogen-bond acceptors (Lipinski definition) is 3. The number of piperidine rings is 1. The Labute approximate surface area is 115 Å². The van der Waals surface area contributed by atoms with Gasteiger partial charge in [-0.05, 0) is 38.8 Å². The molecular formula is C14H26N2O3. The molecule has 1 heterocycles. The second kappa shape index (κ2) is 7.48. The van der Waals surface area contributed by atoms with E-state index in [2.05, 4.69) is 17.6 Å². The van der Waals surface area contributed by atoms with Crippen LogP contribution in [0.1, 0.15) is 52.4 Å². The van der Waals surface area contributed by atoms with E-state index in [1.165, 1.54) is 0 Å². The summed E-state index contributed by atoms with van der Waals surface area (Å²) in [6, 6.07) is -0.749. The van der Waals surface area contributed by atoms with Gasteiger partial charge in [0.05, 0.1) is 5.41 Å². The van der Waals surface area contributed by atoms with Gasteiger partial charge in [-0.25, -0.2) is 4.79 Å². The Morgan fingerprint density at radius 3 is 2.37 bits per heavy atom. The van der Waals surface area contributed by atoms with Crippen molar-refractivity contribution in [2.24, 2.45) is 5.41 Å². The van der Waals surface area contributed by atoms with Crippen LogP contribution >= 0.6 is 0 Å². The molecule has 5 nitrogen and oxygen atoms in total. The van der Waals surface area contributed by atoms with Crippen LogP contribution in [0.25, 0.3) is 0 Å². The minimum atomic E-state index is -0.934. The van der Waals surface area contributed by atoms with Crippen molar-refractivity contribution in [3.63, 3.8) is 0 Å². The maximum absolute atomic E-state index is 12.5. The fourth-order valence-electron chi connectivity index (χ4n) is 2.83. The van der Waals surface area contributed by atoms with Crippen LogP contribution in [0.5, 0.6) is 0 Å². The van der Waals surface area contributed by atoms with E-state index >= 15 is 0 Å². The van der Waals surface area contributed by atoms with Crippen molar-refractivity contribution in [2.75, 3.05) is 13.1 Å². The van der Waals surface area contributed by atoms with E-state index in [0.29, 0.717) is 6.42 Å². The molecule has 1 saturated heterocycles. The summed E-state index contributed by atoms with van der Waals surface area (Å²) in [6.07, 6.45) is 4.61. The van der Waals surface area contributed by atoms with Crippen LogP contribution < -0.4 is 10.6 Å². The molecule has 0 aromatic carbocycles. The highest BCUT2D eigenvalue weighted by molar-refractivity contribution is 5.87. The second-order valence-electron chi connectivity index (χ2n) is 5.43. The molecule has 1 aliphatic rings. The van der Waals surface area contributed by atoms with Gasteiger partial charge in [0.1, 0.15) is 6.04 Å². The van der Waals surface area contributed by atoms with Gasteiger partial charge in [0, 0.05) is 0 Å². The van der Waals surface area contributed by atoms with Crippen LogP contribution in [0.4, 0.5) is 0 Å². The summed E-state index contributed by atoms with van der Waals surface area (Å²) < 4.78 is 0. The van der Waals surface area contributed by atoms with Gasteiger partial charge in [-0.3, -0.25) is 4.79 Å². The molecule has 0 aromatic rings. The summed E-state index contributed by atoms with van der Waals surface area (Å²) in [6.45, 7) is 5.66. The average molecular weight is 270 g/mol. The summed E-state index contributed by atoms with van der Waals surface area (Å²) in [5.41, 5.74) is -0.374. The van der Waals surface area contributed by atoms with Crippen molar-refractivity contribution < 1.29 is 14.7 Å². The van der Waals surface area contributed by atoms with E-state index in [1.807, 2.05) is 6.92 Å². The van der Waals surface area contributed by atoms with Crippen LogP contribution in [0.15, 0.2) is 0 Å². The second-order valence-corrected chi connectivity index (χ2v) is 5.43. The molecule has 0 bridgehead atoms. The number of amides is 1. The Morgan fingerprint density at radius 2 is 1.89 bits per heavy atom. The first-order valence-corrected chi connectivity index (χ1v) is 7.30. The van der Waals surface area contributed by atoms with E-state index in [-0.39, 0.29) is 11.3 Å². The highest BCUT2D eigenvalue weighted by Gasteiger charge is 2.39. The first-order chi connectivity index (χ1) is 9.05. The number of rotatable bonds is 7. The molecule has 5 heteroatoms. The maximum Gasteiger partial charge on any atom is 0.326 e. The molecule has 110 valence electrons. The zero-order chi connectivity index (χ0) is 14.3. The van der Waals surface area contributed by atoms with Gasteiger partial charge in [-0.2, -0.15) is 0 Å². The Bertz CT molecular complexity index is 306. The smallest absolute Gasteiger partial charge is 0.326 e. The third-order valence-electron chi connectivity index (χ3n) is 3.95. The molecule has 0 aliphatic carbocycles. The summed E-state index contributed by atoms with van der Waals surface area (Å²) in [4.78, 5) is 23.6. The zero-order valence-electron chi connectivity index (χ0n) is 12.0. The van der Waals surface area contributed by atoms with Crippen LogP contribution in [0, 0.1) is 5.41 Å². The van der Waals surface area contributed by atoms with E-state index in [9.17, 15) is 9.59 Å². The molecule has 1 amide bonds. The van der Waals surface area contributed by atoms with Crippen molar-refractivity contribution in [3.05, 3.63) is 0 Å². The number of carboxylic acids is 1. The van der Waals surface area contributed by atoms with Crippen LogP contribution in [-0.4, -0.2) is 36.1 Å². The number of carboxylic acid groups (broad SMARTS) is 1. The number of aliphatic carboxylic acids is 1. The lowest BCUT2D eigenvalue weighted by Gasteiger charge is -2.37. The molecule has 0 aromatic heterocycles. The minimum Gasteiger partial charge on any atom is -0.480 e. The Balaban J connectivity index is 2.73. The largest absolute Gasteiger partial charge is 0.480 e. The van der Waals surface area contributed by atoms with Gasteiger partial charge < -0.3 is 15.7 Å². The van der Waals surface area contributed by atoms with Gasteiger partial charge in [0.2, 0.25) is 5.91 Å². The SMILES string of the molecule is CCCC(NC(=O)C1(CCC)CCNCC1)C(=O)O. The van der Waals surface area contributed by atoms with E-state index in [0.717, 1.165) is 45.2 Å². The fourth-order valence-corrected chi connectivity index (χ4v) is 2.83. The van der Waals surface area contributed by atoms with Crippen LogP contribution in [0.3, 0.4) is 0 Å². The minimum absolute atomic E-state index is 0.0725. The summed E-state index contributed by atoms with van der Waals surface area (Å²) in [5, 5.41) is 15.1. The van der Waals surface area contributed by atoms with Crippen molar-refractivity contribution in [3.8, 4) is 0 Å². The van der Waals surface area contributed by atoms with E-state index in [1.54, 1.807) is 0 Å². The first kappa shape index (κ1) is 16.0. The lowest BCUT2D eigenvalue weighted by atomic mass is 9.74. The molecule has 0 saturated carbocycles. The number of carbonyl (C=O) groups is 2. The molecule has 19 heavy (non-hydrogen) atoms. The molecule has 1 fully saturated rings. The topological polar surface area (TPSA) is 78.4 Å². The third kappa shape index (κ3) is 4.20. The normalized spacial score (nSPS) is 19.7. The number of nitrogens with one attached hydrogen (secondary N) is 2. The van der Waals surface area contributed by atoms with E-state index < -0.39 is 12.0 Å². The monoisotopic (exact) mass is 270 g/mol. The average Bonchev–Trinajstić information content (AvgIpc) is 2.39. The quantitative estimate of drug-likeness (QED) is 0.655. The van der Waals surface area contributed by atoms with Gasteiger partial charge in [0.15, 0.2) is 0 Å². The number of hydrogen-bond donors (Lipinski definition) is 3. The Kier molecular flexibility index (Phi) is 6.28. The molecule has 3 N–H and O–H groups in total. The van der Waals surface area contributed by atoms with E-state index in [4.69, 9.17) is 5.11 Å². The van der Waals surface area contributed by atoms with Crippen molar-refractivity contribution in [1.29, 1.82) is 0 Å². The van der Waals surface area contributed by atoms with Crippen molar-refractivity contribution in [2.45, 2.75) is 58.4 Å². The van der Waals surface area contributed by atoms with Gasteiger partial charge in [-0.15, -0.1) is 0 Å². The molecular weight excluding hydrogens is 244 g/mol.